The Morgan fingerprint density at radius 1 is 0.767 bits per heavy atom. The number of aromatic nitrogens is 1. The van der Waals surface area contributed by atoms with E-state index in [9.17, 15) is 0 Å². The summed E-state index contributed by atoms with van der Waals surface area (Å²) in [7, 11) is 13.1. The summed E-state index contributed by atoms with van der Waals surface area (Å²) in [6.07, 6.45) is 2.34. The average Bonchev–Trinajstić information content (AvgIpc) is 2.70. The van der Waals surface area contributed by atoms with Crippen molar-refractivity contribution >= 4 is 33.2 Å². The first-order valence-electron chi connectivity index (χ1n) is 11.1. The number of anilines is 2. The molecule has 0 amide bonds. The van der Waals surface area contributed by atoms with Gasteiger partial charge in [0.2, 0.25) is 11.0 Å². The maximum atomic E-state index is 4.01. The van der Waals surface area contributed by atoms with Gasteiger partial charge in [0, 0.05) is 68.9 Å². The lowest BCUT2D eigenvalue weighted by atomic mass is 10.1. The van der Waals surface area contributed by atoms with E-state index in [4.69, 9.17) is 0 Å². The average molecular weight is 411 g/mol. The number of benzene rings is 2. The summed E-state index contributed by atoms with van der Waals surface area (Å²) in [6.45, 7) is 4.41. The van der Waals surface area contributed by atoms with E-state index < -0.39 is 0 Å². The molecule has 0 saturated heterocycles. The molecule has 0 saturated carbocycles. The van der Waals surface area contributed by atoms with Crippen molar-refractivity contribution < 1.29 is 14.8 Å². The van der Waals surface area contributed by atoms with Crippen molar-refractivity contribution in [1.29, 1.82) is 0 Å². The van der Waals surface area contributed by atoms with Crippen LogP contribution in [0.4, 0.5) is 11.4 Å². The molecule has 2 aromatic carbocycles. The van der Waals surface area contributed by atoms with Crippen molar-refractivity contribution in [3.05, 3.63) is 42.5 Å². The molecule has 0 unspecified atom stereocenters. The van der Waals surface area contributed by atoms with Gasteiger partial charge < -0.3 is 20.0 Å². The zero-order chi connectivity index (χ0) is 21.9. The molecule has 5 nitrogen and oxygen atoms in total. The lowest BCUT2D eigenvalue weighted by molar-refractivity contribution is -0.893. The Kier molecular flexibility index (Phi) is 6.84. The molecule has 0 aliphatic rings. The van der Waals surface area contributed by atoms with Crippen LogP contribution in [-0.2, 0) is 6.54 Å². The highest BCUT2D eigenvalue weighted by molar-refractivity contribution is 5.91. The third-order valence-corrected chi connectivity index (χ3v) is 6.11. The van der Waals surface area contributed by atoms with Crippen molar-refractivity contribution in [2.24, 2.45) is 0 Å². The van der Waals surface area contributed by atoms with E-state index in [1.54, 1.807) is 0 Å². The van der Waals surface area contributed by atoms with E-state index in [0.29, 0.717) is 0 Å². The quantitative estimate of drug-likeness (QED) is 0.334. The molecule has 5 heteroatoms. The van der Waals surface area contributed by atoms with Gasteiger partial charge in [0.25, 0.3) is 0 Å². The van der Waals surface area contributed by atoms with Gasteiger partial charge in [-0.2, -0.15) is 4.57 Å². The van der Waals surface area contributed by atoms with Gasteiger partial charge in [0.05, 0.1) is 40.2 Å². The van der Waals surface area contributed by atoms with E-state index in [1.807, 2.05) is 0 Å². The molecule has 0 bridgehead atoms. The highest BCUT2D eigenvalue weighted by Gasteiger charge is 2.20. The number of nitrogens with zero attached hydrogens (tertiary/aromatic N) is 4. The number of aryl methyl sites for hydroxylation is 1. The van der Waals surface area contributed by atoms with Gasteiger partial charge in [-0.25, -0.2) is 0 Å². The Balaban J connectivity index is 2.05. The summed E-state index contributed by atoms with van der Waals surface area (Å²) in [5.41, 5.74) is 9.12. The van der Waals surface area contributed by atoms with E-state index >= 15 is 0 Å². The fraction of sp³-hybridized carbons (Fsp3) is 0.480. The summed E-state index contributed by atoms with van der Waals surface area (Å²) < 4.78 is 3.59. The van der Waals surface area contributed by atoms with Crippen LogP contribution in [-0.4, -0.2) is 66.4 Å². The van der Waals surface area contributed by atoms with Gasteiger partial charge in [0.1, 0.15) is 0 Å². The number of rotatable bonds is 9. The maximum Gasteiger partial charge on any atom is 0.215 e. The van der Waals surface area contributed by atoms with Gasteiger partial charge >= 0.3 is 0 Å². The molecule has 3 aromatic rings. The minimum absolute atomic E-state index is 1.02. The first-order valence-corrected chi connectivity index (χ1v) is 11.1. The zero-order valence-corrected chi connectivity index (χ0v) is 19.8. The normalized spacial score (nSPS) is 12.0. The van der Waals surface area contributed by atoms with Gasteiger partial charge in [-0.05, 0) is 30.3 Å². The molecular formula is C25H40N5+3. The number of hydrogen-bond donors (Lipinski definition) is 1. The minimum atomic E-state index is 1.02. The fourth-order valence-corrected chi connectivity index (χ4v) is 4.18. The summed E-state index contributed by atoms with van der Waals surface area (Å²) in [5.74, 6) is 0. The predicted octanol–water partition coefficient (Wildman–Crippen LogP) is 2.51. The van der Waals surface area contributed by atoms with Crippen molar-refractivity contribution in [3.8, 4) is 0 Å². The largest absolute Gasteiger partial charge is 0.377 e. The topological polar surface area (TPSA) is 38.0 Å². The fourth-order valence-electron chi connectivity index (χ4n) is 4.18. The first kappa shape index (κ1) is 22.3. The van der Waals surface area contributed by atoms with Crippen molar-refractivity contribution in [2.45, 2.75) is 19.4 Å². The van der Waals surface area contributed by atoms with Crippen molar-refractivity contribution in [1.82, 2.24) is 0 Å². The Labute approximate surface area is 181 Å². The molecule has 0 aliphatic carbocycles. The third kappa shape index (κ3) is 5.02. The van der Waals surface area contributed by atoms with E-state index in [1.165, 1.54) is 52.7 Å². The van der Waals surface area contributed by atoms with Crippen LogP contribution in [0.2, 0.25) is 0 Å². The zero-order valence-electron chi connectivity index (χ0n) is 19.8. The monoisotopic (exact) mass is 410 g/mol. The molecule has 0 radical (unpaired) electrons. The van der Waals surface area contributed by atoms with Crippen molar-refractivity contribution in [2.75, 3.05) is 71.7 Å². The molecule has 0 spiro atoms. The Bertz CT molecular complexity index is 941. The molecule has 3 N–H and O–H groups in total. The second-order valence-corrected chi connectivity index (χ2v) is 9.51. The maximum absolute atomic E-state index is 4.01. The Morgan fingerprint density at radius 3 is 1.73 bits per heavy atom. The summed E-state index contributed by atoms with van der Waals surface area (Å²) >= 11 is 0. The predicted molar refractivity (Wildman–Crippen MR) is 129 cm³/mol. The molecule has 162 valence electrons. The van der Waals surface area contributed by atoms with Crippen LogP contribution in [0.1, 0.15) is 12.8 Å². The smallest absolute Gasteiger partial charge is 0.215 e. The van der Waals surface area contributed by atoms with E-state index in [0.717, 1.165) is 24.0 Å². The molecule has 30 heavy (non-hydrogen) atoms. The molecule has 1 heterocycles. The second kappa shape index (κ2) is 9.19. The standard InChI is InChI=1S/C25H39N5/c1-27(2)22-11-9-20-17-21-10-12-23(28(3)4)19-25(21)29(24(20)18-22)14-8-16-30(5,6)15-7-13-26/h9-12,17-19H,7-8,13-16,26H2,1-6H3/q+2/p+1. The third-order valence-electron chi connectivity index (χ3n) is 6.11. The number of fused-ring (bicyclic) bond motifs is 2. The number of pyridine rings is 1. The van der Waals surface area contributed by atoms with Gasteiger partial charge in [-0.15, -0.1) is 0 Å². The molecule has 0 atom stereocenters. The van der Waals surface area contributed by atoms with Crippen molar-refractivity contribution in [3.63, 3.8) is 0 Å². The van der Waals surface area contributed by atoms with Crippen LogP contribution in [0.5, 0.6) is 0 Å². The lowest BCUT2D eigenvalue weighted by Crippen LogP contribution is -2.53. The van der Waals surface area contributed by atoms with Gasteiger partial charge in [0.15, 0.2) is 6.54 Å². The molecule has 1 aromatic heterocycles. The molecule has 0 aliphatic heterocycles. The molecule has 3 rings (SSSR count). The van der Waals surface area contributed by atoms with E-state index in [-0.39, 0.29) is 0 Å². The van der Waals surface area contributed by atoms with E-state index in [2.05, 4.69) is 105 Å². The first-order chi connectivity index (χ1) is 14.2. The number of hydrogen-bond acceptors (Lipinski definition) is 2. The van der Waals surface area contributed by atoms with Crippen LogP contribution in [0.3, 0.4) is 0 Å². The molecule has 0 fully saturated rings. The second-order valence-electron chi connectivity index (χ2n) is 9.51. The Hall–Kier alpha value is -2.37. The SMILES string of the molecule is CN(C)c1ccc2cc3ccc(N(C)C)cc3[n+](CCC[N+](C)(C)CCC[NH3+])c2c1. The van der Waals surface area contributed by atoms with Gasteiger partial charge in [-0.3, -0.25) is 0 Å². The summed E-state index contributed by atoms with van der Waals surface area (Å²) in [6, 6.07) is 15.9. The lowest BCUT2D eigenvalue weighted by Gasteiger charge is -2.29. The van der Waals surface area contributed by atoms with Crippen LogP contribution in [0.25, 0.3) is 21.8 Å². The minimum Gasteiger partial charge on any atom is -0.377 e. The van der Waals surface area contributed by atoms with Gasteiger partial charge in [-0.1, -0.05) is 0 Å². The van der Waals surface area contributed by atoms with Crippen LogP contribution in [0.15, 0.2) is 42.5 Å². The number of quaternary nitrogens is 2. The summed E-state index contributed by atoms with van der Waals surface area (Å²) in [5, 5.41) is 2.60. The summed E-state index contributed by atoms with van der Waals surface area (Å²) in [4.78, 5) is 4.37. The van der Waals surface area contributed by atoms with Crippen LogP contribution in [0, 0.1) is 0 Å². The van der Waals surface area contributed by atoms with Crippen LogP contribution >= 0.6 is 0 Å². The Morgan fingerprint density at radius 2 is 1.27 bits per heavy atom. The molecular weight excluding hydrogens is 370 g/mol. The van der Waals surface area contributed by atoms with Crippen LogP contribution < -0.4 is 20.1 Å². The highest BCUT2D eigenvalue weighted by atomic mass is 15.3. The highest BCUT2D eigenvalue weighted by Crippen LogP contribution is 2.25.